The summed E-state index contributed by atoms with van der Waals surface area (Å²) >= 11 is 0. The van der Waals surface area contributed by atoms with Crippen LogP contribution in [-0.2, 0) is 13.7 Å². The SMILES string of the molecule is CCCCC(CB1OC(C)(C)C(C)(C)O1)O[Si](C)(C)c1ccccc1. The summed E-state index contributed by atoms with van der Waals surface area (Å²) in [4.78, 5) is 0. The quantitative estimate of drug-likeness (QED) is 0.624. The van der Waals surface area contributed by atoms with Gasteiger partial charge in [0.25, 0.3) is 0 Å². The fraction of sp³-hybridized carbons (Fsp3) is 0.700. The van der Waals surface area contributed by atoms with Crippen LogP contribution in [0, 0.1) is 0 Å². The van der Waals surface area contributed by atoms with E-state index in [9.17, 15) is 0 Å². The molecule has 0 spiro atoms. The molecule has 3 nitrogen and oxygen atoms in total. The summed E-state index contributed by atoms with van der Waals surface area (Å²) in [6.07, 6.45) is 4.39. The van der Waals surface area contributed by atoms with Gasteiger partial charge >= 0.3 is 7.12 Å². The summed E-state index contributed by atoms with van der Waals surface area (Å²) in [5.74, 6) is 0. The zero-order valence-corrected chi connectivity index (χ0v) is 18.1. The van der Waals surface area contributed by atoms with Crippen LogP contribution in [-0.4, -0.2) is 32.7 Å². The van der Waals surface area contributed by atoms with Crippen molar-refractivity contribution in [3.8, 4) is 0 Å². The molecule has 2 rings (SSSR count). The molecule has 0 aromatic heterocycles. The van der Waals surface area contributed by atoms with Crippen LogP contribution in [0.15, 0.2) is 30.3 Å². The van der Waals surface area contributed by atoms with Crippen LogP contribution in [0.5, 0.6) is 0 Å². The van der Waals surface area contributed by atoms with Gasteiger partial charge in [0.1, 0.15) is 0 Å². The third-order valence-electron chi connectivity index (χ3n) is 5.57. The van der Waals surface area contributed by atoms with Crippen LogP contribution >= 0.6 is 0 Å². The Morgan fingerprint density at radius 1 is 1.04 bits per heavy atom. The summed E-state index contributed by atoms with van der Waals surface area (Å²) in [5, 5.41) is 1.34. The number of rotatable bonds is 8. The van der Waals surface area contributed by atoms with E-state index in [1.807, 2.05) is 0 Å². The Bertz CT molecular complexity index is 529. The highest BCUT2D eigenvalue weighted by Gasteiger charge is 2.51. The van der Waals surface area contributed by atoms with Crippen LogP contribution in [0.4, 0.5) is 0 Å². The van der Waals surface area contributed by atoms with Crippen LogP contribution in [0.3, 0.4) is 0 Å². The summed E-state index contributed by atoms with van der Waals surface area (Å²) in [5.41, 5.74) is -0.557. The van der Waals surface area contributed by atoms with Gasteiger partial charge in [0.05, 0.1) is 11.2 Å². The van der Waals surface area contributed by atoms with Crippen LogP contribution in [0.2, 0.25) is 19.4 Å². The Labute approximate surface area is 155 Å². The Balaban J connectivity index is 2.07. The third-order valence-corrected chi connectivity index (χ3v) is 8.21. The molecule has 0 amide bonds. The molecule has 5 heteroatoms. The highest BCUT2D eigenvalue weighted by molar-refractivity contribution is 6.84. The minimum absolute atomic E-state index is 0.177. The minimum atomic E-state index is -1.95. The van der Waals surface area contributed by atoms with Crippen molar-refractivity contribution in [2.75, 3.05) is 0 Å². The molecule has 1 aliphatic rings. The molecule has 1 fully saturated rings. The fourth-order valence-electron chi connectivity index (χ4n) is 3.26. The van der Waals surface area contributed by atoms with E-state index >= 15 is 0 Å². The molecular weight excluding hydrogens is 327 g/mol. The molecule has 140 valence electrons. The first-order valence-electron chi connectivity index (χ1n) is 9.66. The van der Waals surface area contributed by atoms with Gasteiger partial charge in [0.2, 0.25) is 8.32 Å². The molecule has 0 saturated carbocycles. The molecule has 0 aliphatic carbocycles. The standard InChI is InChI=1S/C20H35BO3Si/c1-8-9-13-17(16-21-23-19(2,3)20(4,5)24-21)22-25(6,7)18-14-11-10-12-15-18/h10-12,14-15,17H,8-9,13,16H2,1-7H3. The number of hydrogen-bond donors (Lipinski definition) is 0. The second-order valence-corrected chi connectivity index (χ2v) is 12.5. The fourth-order valence-corrected chi connectivity index (χ4v) is 5.44. The Morgan fingerprint density at radius 3 is 2.12 bits per heavy atom. The zero-order chi connectivity index (χ0) is 18.7. The van der Waals surface area contributed by atoms with E-state index in [4.69, 9.17) is 13.7 Å². The van der Waals surface area contributed by atoms with Gasteiger partial charge in [-0.3, -0.25) is 0 Å². The van der Waals surface area contributed by atoms with Gasteiger partial charge in [-0.2, -0.15) is 0 Å². The number of benzene rings is 1. The average Bonchev–Trinajstić information content (AvgIpc) is 2.72. The maximum atomic E-state index is 6.70. The predicted octanol–water partition coefficient (Wildman–Crippen LogP) is 4.77. The number of unbranched alkanes of at least 4 members (excludes halogenated alkanes) is 1. The second kappa shape index (κ2) is 7.95. The van der Waals surface area contributed by atoms with E-state index in [1.165, 1.54) is 18.0 Å². The lowest BCUT2D eigenvalue weighted by Gasteiger charge is -2.32. The van der Waals surface area contributed by atoms with E-state index in [1.54, 1.807) is 0 Å². The lowest BCUT2D eigenvalue weighted by atomic mass is 9.80. The van der Waals surface area contributed by atoms with Gasteiger partial charge in [-0.15, -0.1) is 0 Å². The molecular formula is C20H35BO3Si. The maximum Gasteiger partial charge on any atom is 0.460 e. The predicted molar refractivity (Wildman–Crippen MR) is 109 cm³/mol. The average molecular weight is 362 g/mol. The molecule has 1 aromatic carbocycles. The van der Waals surface area contributed by atoms with Crippen LogP contribution < -0.4 is 5.19 Å². The van der Waals surface area contributed by atoms with Crippen molar-refractivity contribution >= 4 is 20.6 Å². The van der Waals surface area contributed by atoms with Crippen molar-refractivity contribution in [2.45, 2.75) is 90.6 Å². The van der Waals surface area contributed by atoms with E-state index in [2.05, 4.69) is 78.0 Å². The molecule has 0 radical (unpaired) electrons. The highest BCUT2D eigenvalue weighted by atomic mass is 28.4. The van der Waals surface area contributed by atoms with Gasteiger partial charge in [0.15, 0.2) is 0 Å². The van der Waals surface area contributed by atoms with Gasteiger partial charge < -0.3 is 13.7 Å². The lowest BCUT2D eigenvalue weighted by Crippen LogP contribution is -2.48. The molecule has 1 aromatic rings. The van der Waals surface area contributed by atoms with Crippen molar-refractivity contribution in [3.63, 3.8) is 0 Å². The van der Waals surface area contributed by atoms with E-state index in [-0.39, 0.29) is 24.4 Å². The molecule has 0 bridgehead atoms. The Hall–Kier alpha value is -0.618. The maximum absolute atomic E-state index is 6.70. The van der Waals surface area contributed by atoms with Gasteiger partial charge in [0, 0.05) is 12.4 Å². The monoisotopic (exact) mass is 362 g/mol. The molecule has 0 N–H and O–H groups in total. The van der Waals surface area contributed by atoms with Crippen molar-refractivity contribution < 1.29 is 13.7 Å². The largest absolute Gasteiger partial charge is 0.460 e. The molecule has 1 atom stereocenters. The summed E-state index contributed by atoms with van der Waals surface area (Å²) in [7, 11) is -2.13. The summed E-state index contributed by atoms with van der Waals surface area (Å²) in [6, 6.07) is 10.6. The van der Waals surface area contributed by atoms with E-state index in [0.29, 0.717) is 0 Å². The van der Waals surface area contributed by atoms with Crippen molar-refractivity contribution in [2.24, 2.45) is 0 Å². The van der Waals surface area contributed by atoms with Crippen molar-refractivity contribution in [1.29, 1.82) is 0 Å². The highest BCUT2D eigenvalue weighted by Crippen LogP contribution is 2.38. The molecule has 1 saturated heterocycles. The molecule has 1 aliphatic heterocycles. The first-order valence-corrected chi connectivity index (χ1v) is 12.6. The molecule has 25 heavy (non-hydrogen) atoms. The second-order valence-electron chi connectivity index (χ2n) is 8.68. The Kier molecular flexibility index (Phi) is 6.58. The lowest BCUT2D eigenvalue weighted by molar-refractivity contribution is 0.00578. The minimum Gasteiger partial charge on any atom is -0.411 e. The third kappa shape index (κ3) is 5.19. The van der Waals surface area contributed by atoms with Crippen molar-refractivity contribution in [3.05, 3.63) is 30.3 Å². The summed E-state index contributed by atoms with van der Waals surface area (Å²) in [6.45, 7) is 15.2. The first-order chi connectivity index (χ1) is 11.6. The summed E-state index contributed by atoms with van der Waals surface area (Å²) < 4.78 is 19.1. The van der Waals surface area contributed by atoms with E-state index < -0.39 is 8.32 Å². The number of hydrogen-bond acceptors (Lipinski definition) is 3. The van der Waals surface area contributed by atoms with E-state index in [0.717, 1.165) is 12.7 Å². The molecule has 1 unspecified atom stereocenters. The molecule has 1 heterocycles. The van der Waals surface area contributed by atoms with Gasteiger partial charge in [-0.05, 0) is 52.4 Å². The topological polar surface area (TPSA) is 27.7 Å². The van der Waals surface area contributed by atoms with Crippen LogP contribution in [0.25, 0.3) is 0 Å². The smallest absolute Gasteiger partial charge is 0.411 e. The van der Waals surface area contributed by atoms with Gasteiger partial charge in [-0.25, -0.2) is 0 Å². The zero-order valence-electron chi connectivity index (χ0n) is 17.1. The Morgan fingerprint density at radius 2 is 1.60 bits per heavy atom. The first kappa shape index (κ1) is 20.7. The normalized spacial score (nSPS) is 20.7. The van der Waals surface area contributed by atoms with Crippen molar-refractivity contribution in [1.82, 2.24) is 0 Å². The van der Waals surface area contributed by atoms with Crippen LogP contribution in [0.1, 0.15) is 53.9 Å². The van der Waals surface area contributed by atoms with Gasteiger partial charge in [-0.1, -0.05) is 50.1 Å².